The fourth-order valence-electron chi connectivity index (χ4n) is 4.48. The van der Waals surface area contributed by atoms with Gasteiger partial charge in [-0.25, -0.2) is 0 Å². The van der Waals surface area contributed by atoms with Gasteiger partial charge in [0, 0.05) is 5.92 Å². The van der Waals surface area contributed by atoms with Crippen LogP contribution in [0.4, 0.5) is 0 Å². The third-order valence-corrected chi connectivity index (χ3v) is 5.82. The van der Waals surface area contributed by atoms with Crippen molar-refractivity contribution in [3.8, 4) is 22.3 Å². The van der Waals surface area contributed by atoms with Gasteiger partial charge in [-0.1, -0.05) is 96.6 Å². The molecule has 0 spiro atoms. The molecule has 0 aromatic heterocycles. The zero-order valence-corrected chi connectivity index (χ0v) is 15.7. The van der Waals surface area contributed by atoms with Crippen LogP contribution < -0.4 is 0 Å². The molecule has 0 saturated heterocycles. The lowest BCUT2D eigenvalue weighted by Crippen LogP contribution is -2.03. The molecule has 1 aliphatic carbocycles. The lowest BCUT2D eigenvalue weighted by atomic mass is 9.83. The van der Waals surface area contributed by atoms with Crippen LogP contribution in [0.2, 0.25) is 0 Å². The lowest BCUT2D eigenvalue weighted by Gasteiger charge is -2.20. The number of aryl methyl sites for hydroxylation is 2. The maximum absolute atomic E-state index is 2.30. The van der Waals surface area contributed by atoms with Gasteiger partial charge >= 0.3 is 0 Å². The van der Waals surface area contributed by atoms with E-state index in [1.165, 1.54) is 50.1 Å². The van der Waals surface area contributed by atoms with Crippen LogP contribution in [0.5, 0.6) is 0 Å². The molecule has 0 bridgehead atoms. The summed E-state index contributed by atoms with van der Waals surface area (Å²) in [6.45, 7) is 4.37. The molecule has 5 rings (SSSR count). The smallest absolute Gasteiger partial charge is 0.0361 e. The Bertz CT molecular complexity index is 1130. The highest BCUT2D eigenvalue weighted by Gasteiger charge is 2.32. The SMILES string of the molecule is Cc1ccc(-c2cccc3c2C(c2ccccc2C)c2ccccc2-3)cc1. The van der Waals surface area contributed by atoms with Gasteiger partial charge in [0.2, 0.25) is 0 Å². The van der Waals surface area contributed by atoms with Crippen LogP contribution in [-0.2, 0) is 0 Å². The lowest BCUT2D eigenvalue weighted by molar-refractivity contribution is 0.999. The van der Waals surface area contributed by atoms with Crippen molar-refractivity contribution in [1.82, 2.24) is 0 Å². The Morgan fingerprint density at radius 2 is 1.15 bits per heavy atom. The minimum absolute atomic E-state index is 0.287. The van der Waals surface area contributed by atoms with Crippen molar-refractivity contribution >= 4 is 0 Å². The topological polar surface area (TPSA) is 0 Å². The summed E-state index contributed by atoms with van der Waals surface area (Å²) >= 11 is 0. The Hall–Kier alpha value is -3.12. The van der Waals surface area contributed by atoms with Crippen LogP contribution in [0.25, 0.3) is 22.3 Å². The normalized spacial score (nSPS) is 14.7. The Labute approximate surface area is 161 Å². The van der Waals surface area contributed by atoms with Crippen molar-refractivity contribution < 1.29 is 0 Å². The predicted octanol–water partition coefficient (Wildman–Crippen LogP) is 7.13. The highest BCUT2D eigenvalue weighted by Crippen LogP contribution is 2.51. The quantitative estimate of drug-likeness (QED) is 0.319. The molecule has 0 aliphatic heterocycles. The number of benzene rings is 4. The van der Waals surface area contributed by atoms with E-state index in [1.54, 1.807) is 0 Å². The monoisotopic (exact) mass is 346 g/mol. The van der Waals surface area contributed by atoms with Gasteiger partial charge in [-0.3, -0.25) is 0 Å². The van der Waals surface area contributed by atoms with Crippen molar-refractivity contribution in [3.63, 3.8) is 0 Å². The Kier molecular flexibility index (Phi) is 3.72. The molecule has 1 atom stereocenters. The van der Waals surface area contributed by atoms with E-state index >= 15 is 0 Å². The van der Waals surface area contributed by atoms with E-state index in [0.717, 1.165) is 0 Å². The molecular weight excluding hydrogens is 324 g/mol. The van der Waals surface area contributed by atoms with E-state index in [9.17, 15) is 0 Å². The second kappa shape index (κ2) is 6.25. The first kappa shape index (κ1) is 16.1. The molecule has 4 aromatic carbocycles. The van der Waals surface area contributed by atoms with E-state index in [0.29, 0.717) is 0 Å². The molecule has 1 unspecified atom stereocenters. The molecule has 0 heterocycles. The fraction of sp³-hybridized carbons (Fsp3) is 0.111. The molecule has 0 radical (unpaired) electrons. The standard InChI is InChI=1S/C27H22/c1-18-14-16-20(17-15-18)22-12-7-13-25-23-10-5-6-11-24(23)26(27(22)25)21-9-4-3-8-19(21)2/h3-17,26H,1-2H3. The third-order valence-electron chi connectivity index (χ3n) is 5.82. The summed E-state index contributed by atoms with van der Waals surface area (Å²) in [4.78, 5) is 0. The predicted molar refractivity (Wildman–Crippen MR) is 114 cm³/mol. The van der Waals surface area contributed by atoms with E-state index in [2.05, 4.69) is 105 Å². The number of hydrogen-bond acceptors (Lipinski definition) is 0. The third kappa shape index (κ3) is 2.52. The molecule has 0 heteroatoms. The fourth-order valence-corrected chi connectivity index (χ4v) is 4.48. The van der Waals surface area contributed by atoms with Gasteiger partial charge in [0.15, 0.2) is 0 Å². The number of hydrogen-bond donors (Lipinski definition) is 0. The van der Waals surface area contributed by atoms with Crippen molar-refractivity contribution in [2.75, 3.05) is 0 Å². The molecule has 27 heavy (non-hydrogen) atoms. The highest BCUT2D eigenvalue weighted by molar-refractivity contribution is 5.88. The van der Waals surface area contributed by atoms with E-state index in [4.69, 9.17) is 0 Å². The molecular formula is C27H22. The maximum atomic E-state index is 2.30. The summed E-state index contributed by atoms with van der Waals surface area (Å²) < 4.78 is 0. The van der Waals surface area contributed by atoms with E-state index < -0.39 is 0 Å². The Morgan fingerprint density at radius 1 is 0.519 bits per heavy atom. The minimum atomic E-state index is 0.287. The van der Waals surface area contributed by atoms with Crippen molar-refractivity contribution in [2.24, 2.45) is 0 Å². The molecule has 0 fully saturated rings. The van der Waals surface area contributed by atoms with Crippen molar-refractivity contribution in [2.45, 2.75) is 19.8 Å². The Morgan fingerprint density at radius 3 is 1.93 bits per heavy atom. The van der Waals surface area contributed by atoms with Crippen molar-refractivity contribution in [3.05, 3.63) is 119 Å². The van der Waals surface area contributed by atoms with Gasteiger partial charge < -0.3 is 0 Å². The molecule has 130 valence electrons. The number of rotatable bonds is 2. The van der Waals surface area contributed by atoms with Gasteiger partial charge in [0.25, 0.3) is 0 Å². The summed E-state index contributed by atoms with van der Waals surface area (Å²) in [5.74, 6) is 0.287. The summed E-state index contributed by atoms with van der Waals surface area (Å²) in [5.41, 5.74) is 12.3. The highest BCUT2D eigenvalue weighted by atomic mass is 14.3. The molecule has 1 aliphatic rings. The molecule has 0 saturated carbocycles. The van der Waals surface area contributed by atoms with Gasteiger partial charge in [-0.2, -0.15) is 0 Å². The van der Waals surface area contributed by atoms with Gasteiger partial charge in [0.1, 0.15) is 0 Å². The van der Waals surface area contributed by atoms with Gasteiger partial charge in [-0.15, -0.1) is 0 Å². The van der Waals surface area contributed by atoms with E-state index in [-0.39, 0.29) is 5.92 Å². The first-order valence-electron chi connectivity index (χ1n) is 9.59. The van der Waals surface area contributed by atoms with Crippen LogP contribution in [0.1, 0.15) is 33.7 Å². The first-order valence-corrected chi connectivity index (χ1v) is 9.59. The second-order valence-corrected chi connectivity index (χ2v) is 7.51. The minimum Gasteiger partial charge on any atom is -0.0620 e. The van der Waals surface area contributed by atoms with Crippen LogP contribution >= 0.6 is 0 Å². The summed E-state index contributed by atoms with van der Waals surface area (Å²) in [7, 11) is 0. The summed E-state index contributed by atoms with van der Waals surface area (Å²) in [6.07, 6.45) is 0. The summed E-state index contributed by atoms with van der Waals surface area (Å²) in [6, 6.07) is 33.4. The summed E-state index contributed by atoms with van der Waals surface area (Å²) in [5, 5.41) is 0. The second-order valence-electron chi connectivity index (χ2n) is 7.51. The average Bonchev–Trinajstić information content (AvgIpc) is 3.04. The van der Waals surface area contributed by atoms with Crippen LogP contribution in [0.15, 0.2) is 91.0 Å². The average molecular weight is 346 g/mol. The first-order chi connectivity index (χ1) is 13.2. The molecule has 0 N–H and O–H groups in total. The maximum Gasteiger partial charge on any atom is 0.0361 e. The van der Waals surface area contributed by atoms with Gasteiger partial charge in [0.05, 0.1) is 0 Å². The number of fused-ring (bicyclic) bond motifs is 3. The zero-order chi connectivity index (χ0) is 18.4. The Balaban J connectivity index is 1.82. The van der Waals surface area contributed by atoms with Gasteiger partial charge in [-0.05, 0) is 58.4 Å². The molecule has 0 amide bonds. The largest absolute Gasteiger partial charge is 0.0620 e. The van der Waals surface area contributed by atoms with Crippen LogP contribution in [0, 0.1) is 13.8 Å². The van der Waals surface area contributed by atoms with Crippen LogP contribution in [0.3, 0.4) is 0 Å². The van der Waals surface area contributed by atoms with Crippen LogP contribution in [-0.4, -0.2) is 0 Å². The molecule has 4 aromatic rings. The molecule has 0 nitrogen and oxygen atoms in total. The zero-order valence-electron chi connectivity index (χ0n) is 15.7. The van der Waals surface area contributed by atoms with Crippen molar-refractivity contribution in [1.29, 1.82) is 0 Å². The van der Waals surface area contributed by atoms with E-state index in [1.807, 2.05) is 0 Å².